The van der Waals surface area contributed by atoms with E-state index in [9.17, 15) is 22.0 Å². The number of methoxy groups -OCH3 is 1. The monoisotopic (exact) mass is 426 g/mol. The first-order valence-corrected chi connectivity index (χ1v) is 10.8. The van der Waals surface area contributed by atoms with E-state index in [1.54, 1.807) is 13.2 Å². The van der Waals surface area contributed by atoms with Gasteiger partial charge in [-0.1, -0.05) is 19.1 Å². The van der Waals surface area contributed by atoms with E-state index < -0.39 is 34.1 Å². The SMILES string of the molecule is CCC(NC(=O)CN(c1ccc(F)c(F)c1)S(C)(=O)=O)c1ccc(OC)c(C)c1. The first-order valence-electron chi connectivity index (χ1n) is 8.93. The van der Waals surface area contributed by atoms with E-state index in [1.165, 1.54) is 0 Å². The lowest BCUT2D eigenvalue weighted by atomic mass is 10.0. The van der Waals surface area contributed by atoms with Gasteiger partial charge in [0.15, 0.2) is 11.6 Å². The predicted octanol–water partition coefficient (Wildman–Crippen LogP) is 3.32. The molecule has 1 atom stereocenters. The van der Waals surface area contributed by atoms with Crippen molar-refractivity contribution in [1.29, 1.82) is 0 Å². The van der Waals surface area contributed by atoms with Crippen LogP contribution < -0.4 is 14.4 Å². The molecule has 1 amide bonds. The molecule has 0 spiro atoms. The Kier molecular flexibility index (Phi) is 7.18. The van der Waals surface area contributed by atoms with Gasteiger partial charge in [-0.3, -0.25) is 9.10 Å². The summed E-state index contributed by atoms with van der Waals surface area (Å²) in [4.78, 5) is 12.6. The number of ether oxygens (including phenoxy) is 1. The summed E-state index contributed by atoms with van der Waals surface area (Å²) >= 11 is 0. The summed E-state index contributed by atoms with van der Waals surface area (Å²) < 4.78 is 56.9. The molecule has 2 aromatic carbocycles. The van der Waals surface area contributed by atoms with Crippen LogP contribution in [-0.2, 0) is 14.8 Å². The van der Waals surface area contributed by atoms with Crippen molar-refractivity contribution < 1.29 is 26.7 Å². The summed E-state index contributed by atoms with van der Waals surface area (Å²) in [6, 6.07) is 7.82. The lowest BCUT2D eigenvalue weighted by Crippen LogP contribution is -2.41. The predicted molar refractivity (Wildman–Crippen MR) is 107 cm³/mol. The van der Waals surface area contributed by atoms with Gasteiger partial charge in [-0.2, -0.15) is 0 Å². The lowest BCUT2D eigenvalue weighted by Gasteiger charge is -2.24. The van der Waals surface area contributed by atoms with Gasteiger partial charge in [0, 0.05) is 6.07 Å². The molecule has 0 saturated carbocycles. The van der Waals surface area contributed by atoms with E-state index in [1.807, 2.05) is 26.0 Å². The van der Waals surface area contributed by atoms with Crippen LogP contribution in [-0.4, -0.2) is 34.2 Å². The van der Waals surface area contributed by atoms with Gasteiger partial charge in [-0.15, -0.1) is 0 Å². The topological polar surface area (TPSA) is 75.7 Å². The zero-order valence-electron chi connectivity index (χ0n) is 16.7. The molecule has 29 heavy (non-hydrogen) atoms. The number of hydrogen-bond acceptors (Lipinski definition) is 4. The molecule has 158 valence electrons. The lowest BCUT2D eigenvalue weighted by molar-refractivity contribution is -0.120. The number of carbonyl (C=O) groups excluding carboxylic acids is 1. The average Bonchev–Trinajstić information content (AvgIpc) is 2.65. The van der Waals surface area contributed by atoms with Crippen molar-refractivity contribution in [3.05, 3.63) is 59.2 Å². The fraction of sp³-hybridized carbons (Fsp3) is 0.350. The molecule has 6 nitrogen and oxygen atoms in total. The fourth-order valence-electron chi connectivity index (χ4n) is 2.95. The highest BCUT2D eigenvalue weighted by Crippen LogP contribution is 2.25. The number of aryl methyl sites for hydroxylation is 1. The summed E-state index contributed by atoms with van der Waals surface area (Å²) in [5, 5.41) is 2.79. The smallest absolute Gasteiger partial charge is 0.241 e. The van der Waals surface area contributed by atoms with Crippen LogP contribution in [0, 0.1) is 18.6 Å². The molecule has 1 N–H and O–H groups in total. The number of benzene rings is 2. The van der Waals surface area contributed by atoms with Gasteiger partial charge in [-0.25, -0.2) is 17.2 Å². The van der Waals surface area contributed by atoms with E-state index in [0.29, 0.717) is 6.42 Å². The van der Waals surface area contributed by atoms with E-state index in [0.717, 1.165) is 45.6 Å². The second kappa shape index (κ2) is 9.21. The third kappa shape index (κ3) is 5.66. The number of halogens is 2. The normalized spacial score (nSPS) is 12.3. The molecule has 9 heteroatoms. The van der Waals surface area contributed by atoms with Crippen LogP contribution in [0.4, 0.5) is 14.5 Å². The number of hydrogen-bond donors (Lipinski definition) is 1. The van der Waals surface area contributed by atoms with Gasteiger partial charge in [0.2, 0.25) is 15.9 Å². The quantitative estimate of drug-likeness (QED) is 0.703. The summed E-state index contributed by atoms with van der Waals surface area (Å²) in [5.74, 6) is -2.15. The molecule has 0 saturated heterocycles. The molecule has 0 aliphatic heterocycles. The van der Waals surface area contributed by atoms with Gasteiger partial charge in [-0.05, 0) is 42.7 Å². The van der Waals surface area contributed by atoms with Crippen LogP contribution in [0.3, 0.4) is 0 Å². The van der Waals surface area contributed by atoms with Crippen molar-refractivity contribution in [2.75, 3.05) is 24.2 Å². The minimum Gasteiger partial charge on any atom is -0.496 e. The fourth-order valence-corrected chi connectivity index (χ4v) is 3.80. The van der Waals surface area contributed by atoms with Crippen molar-refractivity contribution in [2.24, 2.45) is 0 Å². The molecule has 2 aromatic rings. The largest absolute Gasteiger partial charge is 0.496 e. The van der Waals surface area contributed by atoms with Crippen molar-refractivity contribution >= 4 is 21.6 Å². The molecular formula is C20H24F2N2O4S. The maximum absolute atomic E-state index is 13.5. The standard InChI is InChI=1S/C20H24F2N2O4S/c1-5-18(14-6-9-19(28-3)13(2)10-14)23-20(25)12-24(29(4,26)27)15-7-8-16(21)17(22)11-15/h6-11,18H,5,12H2,1-4H3,(H,23,25). The number of sulfonamides is 1. The van der Waals surface area contributed by atoms with E-state index in [2.05, 4.69) is 5.32 Å². The zero-order chi connectivity index (χ0) is 21.8. The molecule has 0 heterocycles. The number of nitrogens with one attached hydrogen (secondary N) is 1. The zero-order valence-corrected chi connectivity index (χ0v) is 17.5. The third-order valence-corrected chi connectivity index (χ3v) is 5.58. The number of carbonyl (C=O) groups is 1. The van der Waals surface area contributed by atoms with Crippen molar-refractivity contribution in [2.45, 2.75) is 26.3 Å². The Bertz CT molecular complexity index is 996. The molecule has 0 aromatic heterocycles. The first-order chi connectivity index (χ1) is 13.6. The second-order valence-corrected chi connectivity index (χ2v) is 8.53. The highest BCUT2D eigenvalue weighted by Gasteiger charge is 2.23. The highest BCUT2D eigenvalue weighted by molar-refractivity contribution is 7.92. The Morgan fingerprint density at radius 3 is 2.38 bits per heavy atom. The van der Waals surface area contributed by atoms with Gasteiger partial charge in [0.25, 0.3) is 0 Å². The van der Waals surface area contributed by atoms with Crippen LogP contribution in [0.5, 0.6) is 5.75 Å². The third-order valence-electron chi connectivity index (χ3n) is 4.44. The van der Waals surface area contributed by atoms with Crippen LogP contribution in [0.1, 0.15) is 30.5 Å². The van der Waals surface area contributed by atoms with Crippen molar-refractivity contribution in [1.82, 2.24) is 5.32 Å². The Morgan fingerprint density at radius 2 is 1.86 bits per heavy atom. The minimum atomic E-state index is -3.90. The molecular weight excluding hydrogens is 402 g/mol. The minimum absolute atomic E-state index is 0.130. The maximum atomic E-state index is 13.5. The van der Waals surface area contributed by atoms with Gasteiger partial charge < -0.3 is 10.1 Å². The van der Waals surface area contributed by atoms with Crippen LogP contribution in [0.15, 0.2) is 36.4 Å². The number of anilines is 1. The Labute approximate surface area is 169 Å². The van der Waals surface area contributed by atoms with E-state index in [-0.39, 0.29) is 11.7 Å². The molecule has 0 aliphatic rings. The first kappa shape index (κ1) is 22.6. The second-order valence-electron chi connectivity index (χ2n) is 6.63. The molecule has 0 aliphatic carbocycles. The van der Waals surface area contributed by atoms with E-state index in [4.69, 9.17) is 4.74 Å². The molecule has 1 unspecified atom stereocenters. The van der Waals surface area contributed by atoms with Gasteiger partial charge in [0.05, 0.1) is 25.1 Å². The maximum Gasteiger partial charge on any atom is 0.241 e. The summed E-state index contributed by atoms with van der Waals surface area (Å²) in [6.45, 7) is 3.20. The van der Waals surface area contributed by atoms with Crippen LogP contribution in [0.25, 0.3) is 0 Å². The van der Waals surface area contributed by atoms with Crippen molar-refractivity contribution in [3.8, 4) is 5.75 Å². The highest BCUT2D eigenvalue weighted by atomic mass is 32.2. The van der Waals surface area contributed by atoms with Gasteiger partial charge >= 0.3 is 0 Å². The van der Waals surface area contributed by atoms with E-state index >= 15 is 0 Å². The van der Waals surface area contributed by atoms with Crippen LogP contribution >= 0.6 is 0 Å². The Morgan fingerprint density at radius 1 is 1.17 bits per heavy atom. The molecule has 0 radical (unpaired) electrons. The average molecular weight is 426 g/mol. The Balaban J connectivity index is 2.22. The van der Waals surface area contributed by atoms with Gasteiger partial charge in [0.1, 0.15) is 12.3 Å². The molecule has 0 fully saturated rings. The summed E-state index contributed by atoms with van der Waals surface area (Å²) in [7, 11) is -2.33. The number of amides is 1. The van der Waals surface area contributed by atoms with Crippen molar-refractivity contribution in [3.63, 3.8) is 0 Å². The number of rotatable bonds is 8. The summed E-state index contributed by atoms with van der Waals surface area (Å²) in [5.41, 5.74) is 1.62. The van der Waals surface area contributed by atoms with Crippen LogP contribution in [0.2, 0.25) is 0 Å². The molecule has 2 rings (SSSR count). The molecule has 0 bridgehead atoms. The Hall–Kier alpha value is -2.68. The number of nitrogens with zero attached hydrogens (tertiary/aromatic N) is 1. The summed E-state index contributed by atoms with van der Waals surface area (Å²) in [6.07, 6.45) is 1.47.